The molecule has 1 saturated heterocycles. The van der Waals surface area contributed by atoms with Gasteiger partial charge in [-0.15, -0.1) is 0 Å². The maximum atomic E-state index is 12.7. The Kier molecular flexibility index (Phi) is 3.94. The molecule has 1 fully saturated rings. The number of aryl methyl sites for hydroxylation is 1. The predicted octanol–water partition coefficient (Wildman–Crippen LogP) is 2.73. The van der Waals surface area contributed by atoms with Crippen molar-refractivity contribution in [3.05, 3.63) is 34.9 Å². The number of hydrogen-bond donors (Lipinski definition) is 1. The van der Waals surface area contributed by atoms with E-state index in [1.165, 1.54) is 0 Å². The third-order valence-corrected chi connectivity index (χ3v) is 3.25. The van der Waals surface area contributed by atoms with E-state index in [9.17, 15) is 18.0 Å². The van der Waals surface area contributed by atoms with Crippen molar-refractivity contribution in [2.75, 3.05) is 13.1 Å². The quantitative estimate of drug-likeness (QED) is 0.912. The molecule has 0 radical (unpaired) electrons. The first-order chi connectivity index (χ1) is 8.84. The van der Waals surface area contributed by atoms with Gasteiger partial charge in [0.15, 0.2) is 0 Å². The lowest BCUT2D eigenvalue weighted by Crippen LogP contribution is -2.43. The molecule has 1 heterocycles. The average molecular weight is 271 g/mol. The second-order valence-corrected chi connectivity index (χ2v) is 5.15. The van der Waals surface area contributed by atoms with E-state index in [1.54, 1.807) is 13.0 Å². The summed E-state index contributed by atoms with van der Waals surface area (Å²) in [6.45, 7) is 3.26. The molecule has 0 aliphatic carbocycles. The highest BCUT2D eigenvalue weighted by atomic mass is 19.4. The van der Waals surface area contributed by atoms with E-state index < -0.39 is 11.7 Å². The van der Waals surface area contributed by atoms with Crippen LogP contribution in [0, 0.1) is 12.8 Å². The number of rotatable bonds is 4. The summed E-state index contributed by atoms with van der Waals surface area (Å²) in [6, 6.07) is 3.82. The highest BCUT2D eigenvalue weighted by Crippen LogP contribution is 2.30. The normalized spacial score (nSPS) is 16.2. The van der Waals surface area contributed by atoms with Gasteiger partial charge in [-0.05, 0) is 43.6 Å². The molecule has 0 saturated carbocycles. The zero-order valence-electron chi connectivity index (χ0n) is 10.7. The minimum absolute atomic E-state index is 0.00484. The van der Waals surface area contributed by atoms with Gasteiger partial charge in [-0.2, -0.15) is 13.2 Å². The fraction of sp³-hybridized carbons (Fsp3) is 0.500. The van der Waals surface area contributed by atoms with Crippen LogP contribution in [-0.4, -0.2) is 18.9 Å². The van der Waals surface area contributed by atoms with Gasteiger partial charge >= 0.3 is 6.18 Å². The minimum Gasteiger partial charge on any atom is -0.316 e. The maximum Gasteiger partial charge on any atom is 0.416 e. The van der Waals surface area contributed by atoms with E-state index >= 15 is 0 Å². The van der Waals surface area contributed by atoms with Crippen molar-refractivity contribution in [1.29, 1.82) is 0 Å². The molecule has 1 aliphatic rings. The summed E-state index contributed by atoms with van der Waals surface area (Å²) in [5.41, 5.74) is 0.299. The van der Waals surface area contributed by atoms with E-state index in [0.29, 0.717) is 23.5 Å². The lowest BCUT2D eigenvalue weighted by Gasteiger charge is -2.26. The summed E-state index contributed by atoms with van der Waals surface area (Å²) >= 11 is 0. The first-order valence-corrected chi connectivity index (χ1v) is 6.25. The summed E-state index contributed by atoms with van der Waals surface area (Å²) in [5, 5.41) is 3.07. The van der Waals surface area contributed by atoms with Crippen LogP contribution in [0.5, 0.6) is 0 Å². The fourth-order valence-corrected chi connectivity index (χ4v) is 2.24. The molecule has 5 heteroatoms. The van der Waals surface area contributed by atoms with Crippen LogP contribution in [0.25, 0.3) is 0 Å². The number of ketones is 1. The van der Waals surface area contributed by atoms with Crippen molar-refractivity contribution in [2.24, 2.45) is 5.92 Å². The van der Waals surface area contributed by atoms with Gasteiger partial charge in [0.2, 0.25) is 0 Å². The van der Waals surface area contributed by atoms with Gasteiger partial charge in [0, 0.05) is 12.8 Å². The number of carbonyl (C=O) groups is 1. The summed E-state index contributed by atoms with van der Waals surface area (Å²) in [7, 11) is 0. The van der Waals surface area contributed by atoms with E-state index in [2.05, 4.69) is 5.32 Å². The van der Waals surface area contributed by atoms with Gasteiger partial charge < -0.3 is 5.32 Å². The van der Waals surface area contributed by atoms with Crippen LogP contribution in [0.15, 0.2) is 18.2 Å². The lowest BCUT2D eigenvalue weighted by molar-refractivity contribution is -0.137. The average Bonchev–Trinajstić information content (AvgIpc) is 2.21. The highest BCUT2D eigenvalue weighted by molar-refractivity contribution is 5.81. The molecule has 1 aromatic carbocycles. The Morgan fingerprint density at radius 2 is 2.00 bits per heavy atom. The van der Waals surface area contributed by atoms with Crippen molar-refractivity contribution in [3.63, 3.8) is 0 Å². The topological polar surface area (TPSA) is 29.1 Å². The molecule has 2 nitrogen and oxygen atoms in total. The SMILES string of the molecule is Cc1cc(CC(=O)CC2CNC2)cc(C(F)(F)F)c1. The molecule has 104 valence electrons. The van der Waals surface area contributed by atoms with Crippen molar-refractivity contribution >= 4 is 5.78 Å². The highest BCUT2D eigenvalue weighted by Gasteiger charge is 2.31. The van der Waals surface area contributed by atoms with Crippen LogP contribution in [0.1, 0.15) is 23.1 Å². The summed E-state index contributed by atoms with van der Waals surface area (Å²) in [5.74, 6) is 0.352. The third-order valence-electron chi connectivity index (χ3n) is 3.25. The van der Waals surface area contributed by atoms with Gasteiger partial charge in [0.1, 0.15) is 5.78 Å². The van der Waals surface area contributed by atoms with E-state index in [0.717, 1.165) is 25.2 Å². The molecule has 19 heavy (non-hydrogen) atoms. The molecule has 0 bridgehead atoms. The molecule has 1 N–H and O–H groups in total. The second-order valence-electron chi connectivity index (χ2n) is 5.15. The zero-order valence-corrected chi connectivity index (χ0v) is 10.7. The molecule has 0 amide bonds. The number of Topliss-reactive ketones (excluding diaryl/α,β-unsaturated/α-hetero) is 1. The first-order valence-electron chi connectivity index (χ1n) is 6.25. The fourth-order valence-electron chi connectivity index (χ4n) is 2.24. The number of nitrogens with one attached hydrogen (secondary N) is 1. The molecule has 0 aromatic heterocycles. The van der Waals surface area contributed by atoms with Gasteiger partial charge in [-0.3, -0.25) is 4.79 Å². The number of halogens is 3. The Morgan fingerprint density at radius 3 is 2.53 bits per heavy atom. The summed E-state index contributed by atoms with van der Waals surface area (Å²) in [6.07, 6.45) is -3.83. The maximum absolute atomic E-state index is 12.7. The van der Waals surface area contributed by atoms with E-state index in [1.807, 2.05) is 0 Å². The number of alkyl halides is 3. The number of hydrogen-bond acceptors (Lipinski definition) is 2. The van der Waals surface area contributed by atoms with Crippen molar-refractivity contribution < 1.29 is 18.0 Å². The summed E-state index contributed by atoms with van der Waals surface area (Å²) < 4.78 is 38.0. The van der Waals surface area contributed by atoms with Crippen molar-refractivity contribution in [2.45, 2.75) is 25.9 Å². The van der Waals surface area contributed by atoms with Gasteiger partial charge in [-0.25, -0.2) is 0 Å². The largest absolute Gasteiger partial charge is 0.416 e. The van der Waals surface area contributed by atoms with Crippen LogP contribution >= 0.6 is 0 Å². The first kappa shape index (κ1) is 14.1. The lowest BCUT2D eigenvalue weighted by atomic mass is 9.93. The van der Waals surface area contributed by atoms with Crippen LogP contribution in [0.2, 0.25) is 0 Å². The Hall–Kier alpha value is -1.36. The monoisotopic (exact) mass is 271 g/mol. The predicted molar refractivity (Wildman–Crippen MR) is 65.9 cm³/mol. The Bertz CT molecular complexity index is 478. The van der Waals surface area contributed by atoms with Gasteiger partial charge in [0.05, 0.1) is 5.56 Å². The minimum atomic E-state index is -4.36. The molecular formula is C14H16F3NO. The van der Waals surface area contributed by atoms with Crippen LogP contribution in [0.4, 0.5) is 13.2 Å². The van der Waals surface area contributed by atoms with E-state index in [-0.39, 0.29) is 12.2 Å². The van der Waals surface area contributed by atoms with Crippen LogP contribution < -0.4 is 5.32 Å². The molecule has 2 rings (SSSR count). The van der Waals surface area contributed by atoms with Crippen molar-refractivity contribution in [3.8, 4) is 0 Å². The Labute approximate surface area is 110 Å². The Morgan fingerprint density at radius 1 is 1.32 bits per heavy atom. The standard InChI is InChI=1S/C14H16F3NO/c1-9-2-10(4-12(3-9)14(15,16)17)5-13(19)6-11-7-18-8-11/h2-4,11,18H,5-8H2,1H3. The molecule has 0 spiro atoms. The smallest absolute Gasteiger partial charge is 0.316 e. The molecular weight excluding hydrogens is 255 g/mol. The Balaban J connectivity index is 2.06. The molecule has 0 unspecified atom stereocenters. The van der Waals surface area contributed by atoms with Crippen LogP contribution in [-0.2, 0) is 17.4 Å². The van der Waals surface area contributed by atoms with Gasteiger partial charge in [-0.1, -0.05) is 11.6 Å². The van der Waals surface area contributed by atoms with Crippen LogP contribution in [0.3, 0.4) is 0 Å². The zero-order chi connectivity index (χ0) is 14.0. The number of carbonyl (C=O) groups excluding carboxylic acids is 1. The third kappa shape index (κ3) is 3.80. The molecule has 1 aliphatic heterocycles. The summed E-state index contributed by atoms with van der Waals surface area (Å²) in [4.78, 5) is 11.8. The second kappa shape index (κ2) is 5.33. The van der Waals surface area contributed by atoms with Crippen molar-refractivity contribution in [1.82, 2.24) is 5.32 Å². The van der Waals surface area contributed by atoms with Gasteiger partial charge in [0.25, 0.3) is 0 Å². The van der Waals surface area contributed by atoms with E-state index in [4.69, 9.17) is 0 Å². The molecule has 1 aromatic rings. The number of benzene rings is 1. The molecule has 0 atom stereocenters.